The van der Waals surface area contributed by atoms with Gasteiger partial charge >= 0.3 is 0 Å². The van der Waals surface area contributed by atoms with E-state index in [9.17, 15) is 0 Å². The summed E-state index contributed by atoms with van der Waals surface area (Å²) < 4.78 is 0. The lowest BCUT2D eigenvalue weighted by molar-refractivity contribution is 0.0399. The first-order valence-corrected chi connectivity index (χ1v) is 7.54. The Hall–Kier alpha value is -1.59. The van der Waals surface area contributed by atoms with Gasteiger partial charge in [0.15, 0.2) is 0 Å². The highest BCUT2D eigenvalue weighted by molar-refractivity contribution is 5.39. The highest BCUT2D eigenvalue weighted by Crippen LogP contribution is 2.48. The second kappa shape index (κ2) is 5.07. The van der Waals surface area contributed by atoms with Crippen LogP contribution < -0.4 is 0 Å². The predicted octanol–water partition coefficient (Wildman–Crippen LogP) is 3.29. The number of rotatable bonds is 2. The Bertz CT molecular complexity index is 569. The second-order valence-electron chi connectivity index (χ2n) is 6.41. The summed E-state index contributed by atoms with van der Waals surface area (Å²) in [4.78, 5) is 2.55. The van der Waals surface area contributed by atoms with Crippen LogP contribution in [0.5, 0.6) is 0 Å². The first-order valence-electron chi connectivity index (χ1n) is 7.54. The summed E-state index contributed by atoms with van der Waals surface area (Å²) in [6.45, 7) is 6.88. The van der Waals surface area contributed by atoms with Crippen LogP contribution in [0.1, 0.15) is 31.4 Å². The molecule has 0 amide bonds. The van der Waals surface area contributed by atoms with Crippen LogP contribution in [0.25, 0.3) is 0 Å². The van der Waals surface area contributed by atoms with Gasteiger partial charge in [-0.2, -0.15) is 5.26 Å². The van der Waals surface area contributed by atoms with Gasteiger partial charge in [-0.15, -0.1) is 0 Å². The van der Waals surface area contributed by atoms with Crippen LogP contribution in [0.2, 0.25) is 0 Å². The summed E-state index contributed by atoms with van der Waals surface area (Å²) in [5, 5.41) is 8.64. The minimum Gasteiger partial charge on any atom is -0.296 e. The number of hydrogen-bond donors (Lipinski definition) is 0. The third kappa shape index (κ3) is 1.98. The number of piperidine rings is 1. The number of benzene rings is 1. The molecule has 0 spiro atoms. The second-order valence-corrected chi connectivity index (χ2v) is 6.41. The molecular formula is C18H22N2. The molecule has 0 radical (unpaired) electrons. The predicted molar refractivity (Wildman–Crippen MR) is 81.4 cm³/mol. The molecule has 1 aromatic carbocycles. The standard InChI is InChI=1S/C18H22N2/c1-14-17-13-15-7-3-4-8-16(15)18(14,2)9-12-20(17)11-6-5-10-19/h3-8,14,17H,9,11-13H2,1-2H3/b6-5+. The van der Waals surface area contributed by atoms with Crippen molar-refractivity contribution in [1.29, 1.82) is 5.26 Å². The maximum atomic E-state index is 8.64. The minimum absolute atomic E-state index is 0.314. The molecule has 104 valence electrons. The van der Waals surface area contributed by atoms with Gasteiger partial charge in [-0.3, -0.25) is 4.90 Å². The zero-order chi connectivity index (χ0) is 14.2. The van der Waals surface area contributed by atoms with Crippen molar-refractivity contribution in [3.05, 3.63) is 47.5 Å². The third-order valence-electron chi connectivity index (χ3n) is 5.56. The van der Waals surface area contributed by atoms with E-state index < -0.39 is 0 Å². The fourth-order valence-corrected chi connectivity index (χ4v) is 4.14. The molecule has 0 saturated carbocycles. The molecule has 2 aliphatic rings. The smallest absolute Gasteiger partial charge is 0.0909 e. The molecule has 1 fully saturated rings. The first kappa shape index (κ1) is 13.4. The fraction of sp³-hybridized carbons (Fsp3) is 0.500. The topological polar surface area (TPSA) is 27.0 Å². The number of fused-ring (bicyclic) bond motifs is 4. The lowest BCUT2D eigenvalue weighted by Crippen LogP contribution is -2.57. The molecule has 1 saturated heterocycles. The van der Waals surface area contributed by atoms with Gasteiger partial charge in [0.05, 0.1) is 6.07 Å². The lowest BCUT2D eigenvalue weighted by atomic mass is 9.59. The van der Waals surface area contributed by atoms with E-state index in [1.807, 2.05) is 6.08 Å². The minimum atomic E-state index is 0.314. The van der Waals surface area contributed by atoms with Crippen molar-refractivity contribution in [3.8, 4) is 6.07 Å². The lowest BCUT2D eigenvalue weighted by Gasteiger charge is -2.54. The van der Waals surface area contributed by atoms with E-state index in [-0.39, 0.29) is 0 Å². The number of nitriles is 1. The van der Waals surface area contributed by atoms with Crippen LogP contribution in [-0.2, 0) is 11.8 Å². The maximum absolute atomic E-state index is 8.64. The van der Waals surface area contributed by atoms with Gasteiger partial charge in [-0.05, 0) is 41.8 Å². The molecule has 3 atom stereocenters. The van der Waals surface area contributed by atoms with E-state index in [0.717, 1.165) is 19.5 Å². The van der Waals surface area contributed by atoms with E-state index in [1.165, 1.54) is 12.0 Å². The van der Waals surface area contributed by atoms with Crippen LogP contribution in [0, 0.1) is 17.2 Å². The van der Waals surface area contributed by atoms with Gasteiger partial charge < -0.3 is 0 Å². The van der Waals surface area contributed by atoms with Gasteiger partial charge in [-0.1, -0.05) is 44.2 Å². The summed E-state index contributed by atoms with van der Waals surface area (Å²) in [6, 6.07) is 11.7. The van der Waals surface area contributed by atoms with Crippen molar-refractivity contribution in [3.63, 3.8) is 0 Å². The monoisotopic (exact) mass is 266 g/mol. The van der Waals surface area contributed by atoms with E-state index in [1.54, 1.807) is 11.6 Å². The van der Waals surface area contributed by atoms with Crippen LogP contribution in [0.4, 0.5) is 0 Å². The molecule has 1 heterocycles. The summed E-state index contributed by atoms with van der Waals surface area (Å²) in [6.07, 6.45) is 5.96. The Labute approximate surface area is 121 Å². The van der Waals surface area contributed by atoms with Gasteiger partial charge in [0.2, 0.25) is 0 Å². The first-order chi connectivity index (χ1) is 9.66. The molecular weight excluding hydrogens is 244 g/mol. The van der Waals surface area contributed by atoms with Crippen LogP contribution >= 0.6 is 0 Å². The molecule has 20 heavy (non-hydrogen) atoms. The normalized spacial score (nSPS) is 32.9. The SMILES string of the molecule is CC1C2Cc3ccccc3C1(C)CCN2C/C=C/C#N. The zero-order valence-corrected chi connectivity index (χ0v) is 12.3. The molecule has 0 aromatic heterocycles. The van der Waals surface area contributed by atoms with E-state index >= 15 is 0 Å². The largest absolute Gasteiger partial charge is 0.296 e. The van der Waals surface area contributed by atoms with Crippen LogP contribution in [0.15, 0.2) is 36.4 Å². The number of nitrogens with zero attached hydrogens (tertiary/aromatic N) is 2. The fourth-order valence-electron chi connectivity index (χ4n) is 4.14. The Morgan fingerprint density at radius 1 is 1.45 bits per heavy atom. The molecule has 3 rings (SSSR count). The zero-order valence-electron chi connectivity index (χ0n) is 12.3. The molecule has 0 N–H and O–H groups in total. The van der Waals surface area contributed by atoms with Crippen molar-refractivity contribution >= 4 is 0 Å². The van der Waals surface area contributed by atoms with Crippen molar-refractivity contribution in [1.82, 2.24) is 4.90 Å². The summed E-state index contributed by atoms with van der Waals surface area (Å²) in [5.74, 6) is 0.668. The highest BCUT2D eigenvalue weighted by atomic mass is 15.2. The Kier molecular flexibility index (Phi) is 3.40. The molecule has 1 aliphatic carbocycles. The third-order valence-corrected chi connectivity index (χ3v) is 5.56. The van der Waals surface area contributed by atoms with Crippen LogP contribution in [-0.4, -0.2) is 24.0 Å². The summed E-state index contributed by atoms with van der Waals surface area (Å²) in [5.41, 5.74) is 3.40. The number of likely N-dealkylation sites (tertiary alicyclic amines) is 1. The van der Waals surface area contributed by atoms with Gasteiger partial charge in [0, 0.05) is 18.7 Å². The van der Waals surface area contributed by atoms with Crippen molar-refractivity contribution in [2.24, 2.45) is 5.92 Å². The number of allylic oxidation sites excluding steroid dienone is 1. The van der Waals surface area contributed by atoms with E-state index in [2.05, 4.69) is 49.1 Å². The molecule has 3 unspecified atom stereocenters. The average molecular weight is 266 g/mol. The van der Waals surface area contributed by atoms with Crippen molar-refractivity contribution in [2.45, 2.75) is 38.1 Å². The number of hydrogen-bond acceptors (Lipinski definition) is 2. The van der Waals surface area contributed by atoms with Gasteiger partial charge in [0.1, 0.15) is 0 Å². The average Bonchev–Trinajstić information content (AvgIpc) is 2.45. The van der Waals surface area contributed by atoms with Gasteiger partial charge in [-0.25, -0.2) is 0 Å². The van der Waals surface area contributed by atoms with Gasteiger partial charge in [0.25, 0.3) is 0 Å². The maximum Gasteiger partial charge on any atom is 0.0909 e. The molecule has 1 aliphatic heterocycles. The van der Waals surface area contributed by atoms with Crippen molar-refractivity contribution < 1.29 is 0 Å². The molecule has 1 aromatic rings. The Morgan fingerprint density at radius 2 is 2.25 bits per heavy atom. The molecule has 2 bridgehead atoms. The van der Waals surface area contributed by atoms with E-state index in [4.69, 9.17) is 5.26 Å². The molecule has 2 heteroatoms. The summed E-state index contributed by atoms with van der Waals surface area (Å²) in [7, 11) is 0. The highest BCUT2D eigenvalue weighted by Gasteiger charge is 2.47. The Balaban J connectivity index is 1.92. The van der Waals surface area contributed by atoms with E-state index in [0.29, 0.717) is 17.4 Å². The quantitative estimate of drug-likeness (QED) is 0.768. The van der Waals surface area contributed by atoms with Crippen LogP contribution in [0.3, 0.4) is 0 Å². The molecule has 2 nitrogen and oxygen atoms in total. The summed E-state index contributed by atoms with van der Waals surface area (Å²) >= 11 is 0. The Morgan fingerprint density at radius 3 is 3.05 bits per heavy atom. The van der Waals surface area contributed by atoms with Crippen molar-refractivity contribution in [2.75, 3.05) is 13.1 Å².